The highest BCUT2D eigenvalue weighted by Crippen LogP contribution is 2.30. The van der Waals surface area contributed by atoms with Crippen molar-refractivity contribution in [1.29, 1.82) is 0 Å². The van der Waals surface area contributed by atoms with E-state index < -0.39 is 9.84 Å². The molecule has 0 unspecified atom stereocenters. The van der Waals surface area contributed by atoms with Crippen molar-refractivity contribution < 1.29 is 8.42 Å². The van der Waals surface area contributed by atoms with Crippen LogP contribution in [-0.4, -0.2) is 61.9 Å². The van der Waals surface area contributed by atoms with Crippen molar-refractivity contribution >= 4 is 9.84 Å². The number of hydrogen-bond acceptors (Lipinski definition) is 4. The molecule has 0 aromatic heterocycles. The average molecular weight is 371 g/mol. The summed E-state index contributed by atoms with van der Waals surface area (Å²) in [7, 11) is -2.82. The van der Waals surface area contributed by atoms with Gasteiger partial charge in [0.1, 0.15) is 0 Å². The van der Waals surface area contributed by atoms with E-state index in [1.54, 1.807) is 0 Å². The first kappa shape index (κ1) is 17.7. The molecular weight excluding hydrogens is 344 g/mol. The second kappa shape index (κ2) is 7.51. The first-order valence-corrected chi connectivity index (χ1v) is 11.2. The van der Waals surface area contributed by atoms with E-state index in [1.807, 2.05) is 0 Å². The molecule has 2 aromatic carbocycles. The van der Waals surface area contributed by atoms with Gasteiger partial charge in [-0.25, -0.2) is 8.42 Å². The second-order valence-corrected chi connectivity index (χ2v) is 9.58. The predicted molar refractivity (Wildman–Crippen MR) is 105 cm³/mol. The molecule has 4 rings (SSSR count). The molecule has 0 radical (unpaired) electrons. The van der Waals surface area contributed by atoms with Crippen LogP contribution >= 0.6 is 0 Å². The Bertz CT molecular complexity index is 776. The summed E-state index contributed by atoms with van der Waals surface area (Å²) < 4.78 is 23.6. The minimum absolute atomic E-state index is 0.217. The van der Waals surface area contributed by atoms with Gasteiger partial charge in [-0.05, 0) is 17.5 Å². The zero-order valence-corrected chi connectivity index (χ0v) is 15.8. The fourth-order valence-electron chi connectivity index (χ4n) is 4.31. The maximum absolute atomic E-state index is 11.8. The van der Waals surface area contributed by atoms with Crippen molar-refractivity contribution in [3.8, 4) is 0 Å². The predicted octanol–water partition coefficient (Wildman–Crippen LogP) is 2.58. The molecule has 5 heteroatoms. The molecule has 2 aliphatic heterocycles. The van der Waals surface area contributed by atoms with E-state index in [-0.39, 0.29) is 12.1 Å². The third-order valence-electron chi connectivity index (χ3n) is 5.67. The van der Waals surface area contributed by atoms with E-state index in [0.717, 1.165) is 32.6 Å². The molecule has 26 heavy (non-hydrogen) atoms. The number of piperazine rings is 1. The smallest absolute Gasteiger partial charge is 0.151 e. The number of hydrogen-bond donors (Lipinski definition) is 0. The first-order chi connectivity index (χ1) is 12.6. The Labute approximate surface area is 156 Å². The fraction of sp³-hybridized carbons (Fsp3) is 0.429. The standard InChI is InChI=1S/C21H26N2O2S/c24-26(25)16-11-20(17-26)22-12-14-23(15-13-22)21(18-7-3-1-4-8-18)19-9-5-2-6-10-19/h1-10,20-21H,11-17H2/t20-/m1/s1. The van der Waals surface area contributed by atoms with Crippen molar-refractivity contribution in [3.05, 3.63) is 71.8 Å². The molecule has 0 aliphatic carbocycles. The molecular formula is C21H26N2O2S. The summed E-state index contributed by atoms with van der Waals surface area (Å²) in [6.07, 6.45) is 0.795. The SMILES string of the molecule is O=S1(=O)CC[C@@H](N2CCN(C(c3ccccc3)c3ccccc3)CC2)C1. The number of benzene rings is 2. The number of rotatable bonds is 4. The Balaban J connectivity index is 1.50. The van der Waals surface area contributed by atoms with Gasteiger partial charge < -0.3 is 0 Å². The van der Waals surface area contributed by atoms with Gasteiger partial charge in [0.25, 0.3) is 0 Å². The molecule has 2 heterocycles. The summed E-state index contributed by atoms with van der Waals surface area (Å²) in [5.74, 6) is 0.697. The summed E-state index contributed by atoms with van der Waals surface area (Å²) in [6, 6.07) is 21.8. The lowest BCUT2D eigenvalue weighted by molar-refractivity contribution is 0.0860. The minimum atomic E-state index is -2.82. The third-order valence-corrected chi connectivity index (χ3v) is 7.42. The van der Waals surface area contributed by atoms with Gasteiger partial charge in [0.05, 0.1) is 17.5 Å². The van der Waals surface area contributed by atoms with Crippen LogP contribution < -0.4 is 0 Å². The highest BCUT2D eigenvalue weighted by molar-refractivity contribution is 7.91. The molecule has 2 fully saturated rings. The van der Waals surface area contributed by atoms with Gasteiger partial charge in [-0.3, -0.25) is 9.80 Å². The molecule has 0 amide bonds. The van der Waals surface area contributed by atoms with Crippen molar-refractivity contribution in [2.75, 3.05) is 37.7 Å². The zero-order valence-electron chi connectivity index (χ0n) is 15.0. The van der Waals surface area contributed by atoms with E-state index in [4.69, 9.17) is 0 Å². The van der Waals surface area contributed by atoms with Crippen LogP contribution in [0.5, 0.6) is 0 Å². The summed E-state index contributed by atoms with van der Waals surface area (Å²) in [5.41, 5.74) is 2.63. The Kier molecular flexibility index (Phi) is 5.11. The minimum Gasteiger partial charge on any atom is -0.297 e. The Morgan fingerprint density at radius 3 is 1.81 bits per heavy atom. The normalized spacial score (nSPS) is 24.1. The Morgan fingerprint density at radius 1 is 0.808 bits per heavy atom. The Morgan fingerprint density at radius 2 is 1.35 bits per heavy atom. The van der Waals surface area contributed by atoms with Crippen LogP contribution in [0.1, 0.15) is 23.6 Å². The lowest BCUT2D eigenvalue weighted by atomic mass is 9.96. The molecule has 2 saturated heterocycles. The van der Waals surface area contributed by atoms with Crippen molar-refractivity contribution in [2.24, 2.45) is 0 Å². The molecule has 4 nitrogen and oxygen atoms in total. The van der Waals surface area contributed by atoms with Crippen LogP contribution in [0, 0.1) is 0 Å². The van der Waals surface area contributed by atoms with E-state index in [0.29, 0.717) is 11.5 Å². The van der Waals surface area contributed by atoms with Gasteiger partial charge in [0.15, 0.2) is 9.84 Å². The molecule has 0 saturated carbocycles. The summed E-state index contributed by atoms with van der Waals surface area (Å²) in [6.45, 7) is 3.81. The first-order valence-electron chi connectivity index (χ1n) is 9.41. The summed E-state index contributed by atoms with van der Waals surface area (Å²) in [4.78, 5) is 4.92. The molecule has 0 bridgehead atoms. The van der Waals surface area contributed by atoms with Crippen LogP contribution in [0.4, 0.5) is 0 Å². The van der Waals surface area contributed by atoms with Crippen molar-refractivity contribution in [2.45, 2.75) is 18.5 Å². The third kappa shape index (κ3) is 3.85. The maximum atomic E-state index is 11.8. The fourth-order valence-corrected chi connectivity index (χ4v) is 6.07. The summed E-state index contributed by atoms with van der Waals surface area (Å²) >= 11 is 0. The van der Waals surface area contributed by atoms with E-state index in [9.17, 15) is 8.42 Å². The van der Waals surface area contributed by atoms with Crippen LogP contribution in [0.3, 0.4) is 0 Å². The van der Waals surface area contributed by atoms with Gasteiger partial charge in [-0.2, -0.15) is 0 Å². The second-order valence-electron chi connectivity index (χ2n) is 7.35. The molecule has 138 valence electrons. The largest absolute Gasteiger partial charge is 0.297 e. The van der Waals surface area contributed by atoms with Gasteiger partial charge in [-0.1, -0.05) is 60.7 Å². The highest BCUT2D eigenvalue weighted by Gasteiger charge is 2.35. The molecule has 0 spiro atoms. The van der Waals surface area contributed by atoms with Gasteiger partial charge >= 0.3 is 0 Å². The van der Waals surface area contributed by atoms with Gasteiger partial charge in [0, 0.05) is 32.2 Å². The molecule has 0 N–H and O–H groups in total. The zero-order chi connectivity index (χ0) is 18.0. The topological polar surface area (TPSA) is 40.6 Å². The molecule has 2 aromatic rings. The van der Waals surface area contributed by atoms with Crippen LogP contribution in [0.2, 0.25) is 0 Å². The van der Waals surface area contributed by atoms with Crippen LogP contribution in [0.25, 0.3) is 0 Å². The average Bonchev–Trinajstić information content (AvgIpc) is 3.04. The van der Waals surface area contributed by atoms with Gasteiger partial charge in [-0.15, -0.1) is 0 Å². The monoisotopic (exact) mass is 370 g/mol. The maximum Gasteiger partial charge on any atom is 0.151 e. The Hall–Kier alpha value is -1.69. The number of nitrogens with zero attached hydrogens (tertiary/aromatic N) is 2. The van der Waals surface area contributed by atoms with E-state index in [1.165, 1.54) is 11.1 Å². The molecule has 1 atom stereocenters. The van der Waals surface area contributed by atoms with Crippen molar-refractivity contribution in [3.63, 3.8) is 0 Å². The van der Waals surface area contributed by atoms with Gasteiger partial charge in [0.2, 0.25) is 0 Å². The van der Waals surface area contributed by atoms with Crippen LogP contribution in [-0.2, 0) is 9.84 Å². The van der Waals surface area contributed by atoms with Crippen LogP contribution in [0.15, 0.2) is 60.7 Å². The van der Waals surface area contributed by atoms with Crippen molar-refractivity contribution in [1.82, 2.24) is 9.80 Å². The lowest BCUT2D eigenvalue weighted by Gasteiger charge is -2.41. The lowest BCUT2D eigenvalue weighted by Crippen LogP contribution is -2.51. The summed E-state index contributed by atoms with van der Waals surface area (Å²) in [5, 5.41) is 0. The van der Waals surface area contributed by atoms with E-state index >= 15 is 0 Å². The number of sulfone groups is 1. The highest BCUT2D eigenvalue weighted by atomic mass is 32.2. The quantitative estimate of drug-likeness (QED) is 0.829. The molecule has 2 aliphatic rings. The van der Waals surface area contributed by atoms with E-state index in [2.05, 4.69) is 70.5 Å².